The fraction of sp³-hybridized carbons (Fsp3) is 0.600. The number of nitrogens with one attached hydrogen (secondary N) is 2. The highest BCUT2D eigenvalue weighted by atomic mass is 32.2. The van der Waals surface area contributed by atoms with Gasteiger partial charge in [-0.05, 0) is 24.3 Å². The van der Waals surface area contributed by atoms with E-state index in [0.717, 1.165) is 11.5 Å². The van der Waals surface area contributed by atoms with Crippen molar-refractivity contribution in [2.75, 3.05) is 12.3 Å². The predicted molar refractivity (Wildman–Crippen MR) is 107 cm³/mol. The Hall–Kier alpha value is -1.49. The summed E-state index contributed by atoms with van der Waals surface area (Å²) in [5.41, 5.74) is 2.56. The lowest BCUT2D eigenvalue weighted by Crippen LogP contribution is -2.50. The van der Waals surface area contributed by atoms with Crippen molar-refractivity contribution >= 4 is 23.6 Å². The molecule has 25 heavy (non-hydrogen) atoms. The Morgan fingerprint density at radius 2 is 1.72 bits per heavy atom. The molecule has 0 aliphatic rings. The zero-order chi connectivity index (χ0) is 18.8. The minimum Gasteiger partial charge on any atom is -0.353 e. The van der Waals surface area contributed by atoms with Gasteiger partial charge in [0.2, 0.25) is 11.8 Å². The molecular formula is C20H32N2O2S. The topological polar surface area (TPSA) is 58.2 Å². The van der Waals surface area contributed by atoms with Crippen LogP contribution in [0.3, 0.4) is 0 Å². The van der Waals surface area contributed by atoms with E-state index < -0.39 is 6.04 Å². The molecule has 2 amide bonds. The van der Waals surface area contributed by atoms with Crippen LogP contribution in [0.1, 0.15) is 45.2 Å². The molecule has 0 bridgehead atoms. The molecule has 0 heterocycles. The van der Waals surface area contributed by atoms with Crippen LogP contribution in [0.2, 0.25) is 0 Å². The van der Waals surface area contributed by atoms with Crippen LogP contribution in [0, 0.1) is 18.8 Å². The van der Waals surface area contributed by atoms with E-state index in [9.17, 15) is 9.59 Å². The maximum atomic E-state index is 12.3. The number of aryl methyl sites for hydroxylation is 1. The molecule has 1 unspecified atom stereocenters. The Balaban J connectivity index is 2.32. The third-order valence-electron chi connectivity index (χ3n) is 3.79. The number of rotatable bonds is 10. The van der Waals surface area contributed by atoms with E-state index in [-0.39, 0.29) is 23.7 Å². The lowest BCUT2D eigenvalue weighted by Gasteiger charge is -2.22. The van der Waals surface area contributed by atoms with Gasteiger partial charge in [0.05, 0.1) is 0 Å². The second kappa shape index (κ2) is 11.2. The van der Waals surface area contributed by atoms with E-state index >= 15 is 0 Å². The Labute approximate surface area is 156 Å². The van der Waals surface area contributed by atoms with Gasteiger partial charge in [-0.2, -0.15) is 11.8 Å². The summed E-state index contributed by atoms with van der Waals surface area (Å²) in [5.74, 6) is 1.99. The molecule has 2 N–H and O–H groups in total. The van der Waals surface area contributed by atoms with Crippen LogP contribution < -0.4 is 10.6 Å². The first-order valence-corrected chi connectivity index (χ1v) is 10.2. The van der Waals surface area contributed by atoms with Gasteiger partial charge in [-0.15, -0.1) is 0 Å². The van der Waals surface area contributed by atoms with Gasteiger partial charge < -0.3 is 10.6 Å². The number of carbonyl (C=O) groups excluding carboxylic acids is 2. The van der Waals surface area contributed by atoms with E-state index in [1.807, 2.05) is 27.7 Å². The number of carbonyl (C=O) groups is 2. The number of benzene rings is 1. The summed E-state index contributed by atoms with van der Waals surface area (Å²) in [6.45, 7) is 10.6. The van der Waals surface area contributed by atoms with Gasteiger partial charge in [0.15, 0.2) is 0 Å². The highest BCUT2D eigenvalue weighted by Gasteiger charge is 2.23. The smallest absolute Gasteiger partial charge is 0.242 e. The van der Waals surface area contributed by atoms with E-state index in [4.69, 9.17) is 0 Å². The number of hydrogen-bond acceptors (Lipinski definition) is 3. The van der Waals surface area contributed by atoms with Gasteiger partial charge in [0, 0.05) is 24.5 Å². The largest absolute Gasteiger partial charge is 0.353 e. The highest BCUT2D eigenvalue weighted by molar-refractivity contribution is 7.98. The van der Waals surface area contributed by atoms with Crippen LogP contribution in [-0.2, 0) is 15.3 Å². The first-order valence-electron chi connectivity index (χ1n) is 9.00. The van der Waals surface area contributed by atoms with Crippen molar-refractivity contribution in [1.29, 1.82) is 0 Å². The molecule has 0 spiro atoms. The molecule has 0 saturated heterocycles. The van der Waals surface area contributed by atoms with Crippen molar-refractivity contribution in [3.05, 3.63) is 35.4 Å². The van der Waals surface area contributed by atoms with Gasteiger partial charge in [-0.1, -0.05) is 57.5 Å². The maximum Gasteiger partial charge on any atom is 0.242 e. The van der Waals surface area contributed by atoms with Crippen LogP contribution in [0.5, 0.6) is 0 Å². The molecule has 1 rings (SSSR count). The van der Waals surface area contributed by atoms with E-state index in [1.165, 1.54) is 11.1 Å². The minimum absolute atomic E-state index is 0.0578. The van der Waals surface area contributed by atoms with Crippen LogP contribution in [0.4, 0.5) is 0 Å². The summed E-state index contributed by atoms with van der Waals surface area (Å²) in [6.07, 6.45) is 0.447. The third-order valence-corrected chi connectivity index (χ3v) is 4.82. The standard InChI is InChI=1S/C20H32N2O2S/c1-14(2)12-18(23)22-19(15(3)4)20(24)21-10-11-25-13-17-8-6-16(5)7-9-17/h6-9,14-15,19H,10-13H2,1-5H3,(H,21,24)(H,22,23). The molecule has 1 aromatic carbocycles. The van der Waals surface area contributed by atoms with Crippen molar-refractivity contribution in [1.82, 2.24) is 10.6 Å². The van der Waals surface area contributed by atoms with Crippen LogP contribution in [0.25, 0.3) is 0 Å². The lowest BCUT2D eigenvalue weighted by atomic mass is 10.0. The van der Waals surface area contributed by atoms with Gasteiger partial charge in [0.25, 0.3) is 0 Å². The Morgan fingerprint density at radius 3 is 2.28 bits per heavy atom. The van der Waals surface area contributed by atoms with Crippen LogP contribution >= 0.6 is 11.8 Å². The first-order chi connectivity index (χ1) is 11.8. The second-order valence-electron chi connectivity index (χ2n) is 7.22. The zero-order valence-electron chi connectivity index (χ0n) is 16.1. The molecule has 5 heteroatoms. The van der Waals surface area contributed by atoms with Crippen molar-refractivity contribution in [2.45, 2.75) is 52.8 Å². The van der Waals surface area contributed by atoms with Crippen molar-refractivity contribution in [3.63, 3.8) is 0 Å². The molecule has 0 fully saturated rings. The van der Waals surface area contributed by atoms with Gasteiger partial charge in [-0.25, -0.2) is 0 Å². The average Bonchev–Trinajstić information content (AvgIpc) is 2.53. The number of hydrogen-bond donors (Lipinski definition) is 2. The Kier molecular flexibility index (Phi) is 9.65. The quantitative estimate of drug-likeness (QED) is 0.625. The molecule has 140 valence electrons. The Bertz CT molecular complexity index is 541. The van der Waals surface area contributed by atoms with E-state index in [0.29, 0.717) is 13.0 Å². The van der Waals surface area contributed by atoms with Gasteiger partial charge in [0.1, 0.15) is 6.04 Å². The lowest BCUT2D eigenvalue weighted by molar-refractivity contribution is -0.130. The fourth-order valence-corrected chi connectivity index (χ4v) is 3.19. The molecule has 1 atom stereocenters. The molecule has 0 radical (unpaired) electrons. The zero-order valence-corrected chi connectivity index (χ0v) is 16.9. The van der Waals surface area contributed by atoms with Crippen molar-refractivity contribution in [3.8, 4) is 0 Å². The summed E-state index contributed by atoms with van der Waals surface area (Å²) < 4.78 is 0. The molecular weight excluding hydrogens is 332 g/mol. The molecule has 1 aromatic rings. The second-order valence-corrected chi connectivity index (χ2v) is 8.32. The molecule has 0 saturated carbocycles. The van der Waals surface area contributed by atoms with E-state index in [2.05, 4.69) is 41.8 Å². The highest BCUT2D eigenvalue weighted by Crippen LogP contribution is 2.12. The van der Waals surface area contributed by atoms with Gasteiger partial charge >= 0.3 is 0 Å². The number of thioether (sulfide) groups is 1. The summed E-state index contributed by atoms with van der Waals surface area (Å²) in [5, 5.41) is 5.81. The van der Waals surface area contributed by atoms with E-state index in [1.54, 1.807) is 11.8 Å². The Morgan fingerprint density at radius 1 is 1.08 bits per heavy atom. The monoisotopic (exact) mass is 364 g/mol. The van der Waals surface area contributed by atoms with Crippen LogP contribution in [-0.4, -0.2) is 30.2 Å². The van der Waals surface area contributed by atoms with Crippen LogP contribution in [0.15, 0.2) is 24.3 Å². The van der Waals surface area contributed by atoms with Crippen molar-refractivity contribution < 1.29 is 9.59 Å². The minimum atomic E-state index is -0.464. The fourth-order valence-electron chi connectivity index (χ4n) is 2.37. The van der Waals surface area contributed by atoms with Crippen molar-refractivity contribution in [2.24, 2.45) is 11.8 Å². The molecule has 0 aliphatic heterocycles. The summed E-state index contributed by atoms with van der Waals surface area (Å²) in [4.78, 5) is 24.3. The summed E-state index contributed by atoms with van der Waals surface area (Å²) in [7, 11) is 0. The molecule has 0 aliphatic carbocycles. The number of amides is 2. The normalized spacial score (nSPS) is 12.3. The van der Waals surface area contributed by atoms with Gasteiger partial charge in [-0.3, -0.25) is 9.59 Å². The summed E-state index contributed by atoms with van der Waals surface area (Å²) in [6, 6.07) is 8.04. The molecule has 4 nitrogen and oxygen atoms in total. The third kappa shape index (κ3) is 8.96. The molecule has 0 aromatic heterocycles. The predicted octanol–water partition coefficient (Wildman–Crippen LogP) is 3.53. The summed E-state index contributed by atoms with van der Waals surface area (Å²) >= 11 is 1.79. The average molecular weight is 365 g/mol. The SMILES string of the molecule is Cc1ccc(CSCCNC(=O)C(NC(=O)CC(C)C)C(C)C)cc1. The first kappa shape index (κ1) is 21.6. The maximum absolute atomic E-state index is 12.3.